The van der Waals surface area contributed by atoms with Crippen molar-refractivity contribution in [3.05, 3.63) is 11.1 Å². The van der Waals surface area contributed by atoms with Gasteiger partial charge in [0, 0.05) is 0 Å². The van der Waals surface area contributed by atoms with Crippen LogP contribution in [0.2, 0.25) is 0 Å². The van der Waals surface area contributed by atoms with E-state index in [-0.39, 0.29) is 5.70 Å². The zero-order chi connectivity index (χ0) is 4.99. The van der Waals surface area contributed by atoms with Gasteiger partial charge in [0.2, 0.25) is 0 Å². The summed E-state index contributed by atoms with van der Waals surface area (Å²) in [6, 6.07) is 0. The van der Waals surface area contributed by atoms with Crippen molar-refractivity contribution >= 4 is 18.9 Å². The predicted octanol–water partition coefficient (Wildman–Crippen LogP) is -0.0848. The van der Waals surface area contributed by atoms with Gasteiger partial charge in [-0.1, -0.05) is 0 Å². The van der Waals surface area contributed by atoms with Crippen molar-refractivity contribution in [3.63, 3.8) is 0 Å². The normalized spacial score (nSPS) is 11.2. The van der Waals surface area contributed by atoms with Gasteiger partial charge >= 0.3 is 0 Å². The number of allylic oxidation sites excluding steroid dienone is 1. The molecule has 3 heteroatoms. The second kappa shape index (κ2) is 2.78. The Balaban J connectivity index is 3.50. The standard InChI is InChI=1S/C3H5NOS/c4-3(1-5)2-6/h1-2,6H,4H2/b3-2-. The molecule has 0 saturated carbocycles. The van der Waals surface area contributed by atoms with Crippen LogP contribution in [0, 0.1) is 0 Å². The SMILES string of the molecule is N/C(C=O)=C\S. The number of carbonyl (C=O) groups is 1. The van der Waals surface area contributed by atoms with E-state index in [2.05, 4.69) is 12.6 Å². The quantitative estimate of drug-likeness (QED) is 0.277. The van der Waals surface area contributed by atoms with Crippen LogP contribution in [0.15, 0.2) is 11.1 Å². The minimum atomic E-state index is 0.151. The summed E-state index contributed by atoms with van der Waals surface area (Å²) in [7, 11) is 0. The molecule has 2 nitrogen and oxygen atoms in total. The minimum absolute atomic E-state index is 0.151. The van der Waals surface area contributed by atoms with Crippen LogP contribution in [0.25, 0.3) is 0 Å². The van der Waals surface area contributed by atoms with Gasteiger partial charge in [-0.15, -0.1) is 12.6 Å². The summed E-state index contributed by atoms with van der Waals surface area (Å²) in [5, 5.41) is 1.24. The van der Waals surface area contributed by atoms with Gasteiger partial charge in [0.05, 0.1) is 5.70 Å². The number of carbonyl (C=O) groups excluding carboxylic acids is 1. The fourth-order valence-corrected chi connectivity index (χ4v) is 0.0913. The molecule has 0 bridgehead atoms. The number of nitrogens with two attached hydrogens (primary N) is 1. The molecule has 0 aromatic rings. The molecule has 6 heavy (non-hydrogen) atoms. The average molecular weight is 103 g/mol. The largest absolute Gasteiger partial charge is 0.396 e. The van der Waals surface area contributed by atoms with Crippen molar-refractivity contribution in [1.82, 2.24) is 0 Å². The number of hydrogen-bond donors (Lipinski definition) is 2. The van der Waals surface area contributed by atoms with Crippen LogP contribution in [-0.4, -0.2) is 6.29 Å². The summed E-state index contributed by atoms with van der Waals surface area (Å²) >= 11 is 3.58. The van der Waals surface area contributed by atoms with Crippen LogP contribution in [0.1, 0.15) is 0 Å². The molecule has 34 valence electrons. The third-order valence-corrected chi connectivity index (χ3v) is 0.583. The van der Waals surface area contributed by atoms with E-state index in [9.17, 15) is 4.79 Å². The van der Waals surface area contributed by atoms with Crippen LogP contribution in [0.3, 0.4) is 0 Å². The molecule has 0 unspecified atom stereocenters. The Labute approximate surface area is 41.4 Å². The lowest BCUT2D eigenvalue weighted by molar-refractivity contribution is -0.104. The molecule has 0 aliphatic carbocycles. The van der Waals surface area contributed by atoms with Crippen LogP contribution in [0.4, 0.5) is 0 Å². The molecule has 0 saturated heterocycles. The molecule has 0 spiro atoms. The van der Waals surface area contributed by atoms with Gasteiger partial charge in [-0.2, -0.15) is 0 Å². The lowest BCUT2D eigenvalue weighted by Crippen LogP contribution is -1.94. The van der Waals surface area contributed by atoms with Crippen molar-refractivity contribution in [2.75, 3.05) is 0 Å². The summed E-state index contributed by atoms with van der Waals surface area (Å²) in [6.45, 7) is 0. The third-order valence-electron chi connectivity index (χ3n) is 0.285. The zero-order valence-corrected chi connectivity index (χ0v) is 3.98. The number of hydrogen-bond acceptors (Lipinski definition) is 3. The number of thiol groups is 1. The monoisotopic (exact) mass is 103 g/mol. The maximum atomic E-state index is 9.49. The highest BCUT2D eigenvalue weighted by Crippen LogP contribution is 1.77. The van der Waals surface area contributed by atoms with E-state index < -0.39 is 0 Å². The lowest BCUT2D eigenvalue weighted by Gasteiger charge is -1.75. The topological polar surface area (TPSA) is 43.1 Å². The summed E-state index contributed by atoms with van der Waals surface area (Å²) in [5.41, 5.74) is 5.04. The van der Waals surface area contributed by atoms with Gasteiger partial charge in [0.15, 0.2) is 6.29 Å². The molecule has 0 fully saturated rings. The smallest absolute Gasteiger partial charge is 0.166 e. The van der Waals surface area contributed by atoms with E-state index >= 15 is 0 Å². The predicted molar refractivity (Wildman–Crippen MR) is 27.3 cm³/mol. The molecule has 0 aromatic carbocycles. The fourth-order valence-electron chi connectivity index (χ4n) is 0.0304. The maximum absolute atomic E-state index is 9.49. The minimum Gasteiger partial charge on any atom is -0.396 e. The molecule has 0 heterocycles. The first kappa shape index (κ1) is 5.56. The molecule has 0 aliphatic heterocycles. The highest BCUT2D eigenvalue weighted by molar-refractivity contribution is 7.83. The van der Waals surface area contributed by atoms with E-state index in [1.807, 2.05) is 0 Å². The van der Waals surface area contributed by atoms with Crippen LogP contribution < -0.4 is 5.73 Å². The second-order valence-corrected chi connectivity index (χ2v) is 1.01. The molecule has 2 N–H and O–H groups in total. The van der Waals surface area contributed by atoms with Crippen molar-refractivity contribution < 1.29 is 4.79 Å². The van der Waals surface area contributed by atoms with Crippen molar-refractivity contribution in [2.24, 2.45) is 5.73 Å². The van der Waals surface area contributed by atoms with Crippen LogP contribution in [-0.2, 0) is 4.79 Å². The van der Waals surface area contributed by atoms with E-state index in [0.29, 0.717) is 6.29 Å². The molecule has 0 aliphatic rings. The Morgan fingerprint density at radius 1 is 1.83 bits per heavy atom. The van der Waals surface area contributed by atoms with Gasteiger partial charge in [-0.05, 0) is 5.41 Å². The Kier molecular flexibility index (Phi) is 2.58. The molecule has 0 atom stereocenters. The highest BCUT2D eigenvalue weighted by Gasteiger charge is 1.73. The lowest BCUT2D eigenvalue weighted by atomic mass is 10.6. The third kappa shape index (κ3) is 1.84. The van der Waals surface area contributed by atoms with E-state index in [4.69, 9.17) is 5.73 Å². The molecule has 0 aromatic heterocycles. The molecular formula is C3H5NOS. The Morgan fingerprint density at radius 2 is 2.33 bits per heavy atom. The first-order valence-electron chi connectivity index (χ1n) is 1.36. The summed E-state index contributed by atoms with van der Waals surface area (Å²) < 4.78 is 0. The molecule has 0 amide bonds. The first-order valence-corrected chi connectivity index (χ1v) is 1.88. The van der Waals surface area contributed by atoms with Crippen molar-refractivity contribution in [3.8, 4) is 0 Å². The Hall–Kier alpha value is -0.440. The average Bonchev–Trinajstić information content (AvgIpc) is 1.65. The number of rotatable bonds is 1. The van der Waals surface area contributed by atoms with Gasteiger partial charge < -0.3 is 5.73 Å². The summed E-state index contributed by atoms with van der Waals surface area (Å²) in [5.74, 6) is 0. The molecular weight excluding hydrogens is 98.1 g/mol. The van der Waals surface area contributed by atoms with Crippen LogP contribution in [0.5, 0.6) is 0 Å². The van der Waals surface area contributed by atoms with Gasteiger partial charge in [0.25, 0.3) is 0 Å². The Morgan fingerprint density at radius 3 is 2.33 bits per heavy atom. The second-order valence-electron chi connectivity index (χ2n) is 0.747. The highest BCUT2D eigenvalue weighted by atomic mass is 32.1. The van der Waals surface area contributed by atoms with Gasteiger partial charge in [0.1, 0.15) is 0 Å². The van der Waals surface area contributed by atoms with E-state index in [1.54, 1.807) is 0 Å². The van der Waals surface area contributed by atoms with Gasteiger partial charge in [-0.3, -0.25) is 4.79 Å². The van der Waals surface area contributed by atoms with E-state index in [0.717, 1.165) is 0 Å². The van der Waals surface area contributed by atoms with Crippen molar-refractivity contribution in [2.45, 2.75) is 0 Å². The van der Waals surface area contributed by atoms with Crippen molar-refractivity contribution in [1.29, 1.82) is 0 Å². The number of aldehydes is 1. The maximum Gasteiger partial charge on any atom is 0.166 e. The summed E-state index contributed by atoms with van der Waals surface area (Å²) in [4.78, 5) is 9.49. The molecule has 0 rings (SSSR count). The summed E-state index contributed by atoms with van der Waals surface area (Å²) in [6.07, 6.45) is 0.535. The van der Waals surface area contributed by atoms with Crippen LogP contribution >= 0.6 is 12.6 Å². The zero-order valence-electron chi connectivity index (χ0n) is 3.09. The molecule has 0 radical (unpaired) electrons. The first-order chi connectivity index (χ1) is 2.81. The fraction of sp³-hybridized carbons (Fsp3) is 0. The van der Waals surface area contributed by atoms with E-state index in [1.165, 1.54) is 5.41 Å². The Bertz CT molecular complexity index is 78.9. The van der Waals surface area contributed by atoms with Gasteiger partial charge in [-0.25, -0.2) is 0 Å².